The second kappa shape index (κ2) is 6.91. The molecule has 1 aromatic carbocycles. The smallest absolute Gasteiger partial charge is 0.0571 e. The summed E-state index contributed by atoms with van der Waals surface area (Å²) in [5.41, 5.74) is 1.24. The quantitative estimate of drug-likeness (QED) is 0.841. The predicted octanol–water partition coefficient (Wildman–Crippen LogP) is 4.52. The van der Waals surface area contributed by atoms with Gasteiger partial charge in [0.2, 0.25) is 0 Å². The molecule has 104 valence electrons. The zero-order chi connectivity index (χ0) is 13.7. The van der Waals surface area contributed by atoms with Crippen LogP contribution >= 0.6 is 0 Å². The SMILES string of the molecule is CC(C)C1CCC(O)C(CC=Cc2ccccc2)C1. The van der Waals surface area contributed by atoms with Crippen LogP contribution in [0, 0.1) is 17.8 Å². The Morgan fingerprint density at radius 3 is 2.63 bits per heavy atom. The monoisotopic (exact) mass is 258 g/mol. The van der Waals surface area contributed by atoms with Crippen LogP contribution in [0.15, 0.2) is 36.4 Å². The van der Waals surface area contributed by atoms with Crippen molar-refractivity contribution in [1.82, 2.24) is 0 Å². The van der Waals surface area contributed by atoms with Crippen molar-refractivity contribution in [3.63, 3.8) is 0 Å². The Morgan fingerprint density at radius 1 is 1.21 bits per heavy atom. The molecule has 1 N–H and O–H groups in total. The van der Waals surface area contributed by atoms with Crippen molar-refractivity contribution in [2.75, 3.05) is 0 Å². The number of hydrogen-bond donors (Lipinski definition) is 1. The number of rotatable bonds is 4. The third kappa shape index (κ3) is 4.21. The number of allylic oxidation sites excluding steroid dienone is 1. The van der Waals surface area contributed by atoms with E-state index in [0.717, 1.165) is 24.7 Å². The topological polar surface area (TPSA) is 20.2 Å². The molecule has 0 bridgehead atoms. The van der Waals surface area contributed by atoms with Gasteiger partial charge in [0, 0.05) is 0 Å². The molecule has 0 aliphatic heterocycles. The summed E-state index contributed by atoms with van der Waals surface area (Å²) in [4.78, 5) is 0. The van der Waals surface area contributed by atoms with E-state index in [-0.39, 0.29) is 6.10 Å². The van der Waals surface area contributed by atoms with Crippen molar-refractivity contribution in [1.29, 1.82) is 0 Å². The van der Waals surface area contributed by atoms with Crippen molar-refractivity contribution in [2.45, 2.75) is 45.6 Å². The molecule has 0 amide bonds. The summed E-state index contributed by atoms with van der Waals surface area (Å²) < 4.78 is 0. The molecule has 1 fully saturated rings. The molecule has 0 aromatic heterocycles. The summed E-state index contributed by atoms with van der Waals surface area (Å²) in [5.74, 6) is 1.98. The molecule has 3 unspecified atom stereocenters. The van der Waals surface area contributed by atoms with Crippen LogP contribution in [0.5, 0.6) is 0 Å². The first-order valence-electron chi connectivity index (χ1n) is 7.56. The Hall–Kier alpha value is -1.08. The molecule has 19 heavy (non-hydrogen) atoms. The van der Waals surface area contributed by atoms with Gasteiger partial charge in [-0.15, -0.1) is 0 Å². The highest BCUT2D eigenvalue weighted by Crippen LogP contribution is 2.35. The third-order valence-electron chi connectivity index (χ3n) is 4.47. The average molecular weight is 258 g/mol. The molecular formula is C18H26O. The highest BCUT2D eigenvalue weighted by molar-refractivity contribution is 5.48. The van der Waals surface area contributed by atoms with E-state index in [9.17, 15) is 5.11 Å². The highest BCUT2D eigenvalue weighted by atomic mass is 16.3. The van der Waals surface area contributed by atoms with Crippen LogP contribution in [0.1, 0.15) is 45.1 Å². The predicted molar refractivity (Wildman–Crippen MR) is 81.8 cm³/mol. The Balaban J connectivity index is 1.88. The van der Waals surface area contributed by atoms with Gasteiger partial charge in [-0.05, 0) is 49.0 Å². The first-order chi connectivity index (χ1) is 9.16. The lowest BCUT2D eigenvalue weighted by molar-refractivity contribution is 0.0392. The van der Waals surface area contributed by atoms with E-state index < -0.39 is 0 Å². The van der Waals surface area contributed by atoms with E-state index in [1.54, 1.807) is 0 Å². The van der Waals surface area contributed by atoms with Crippen LogP contribution in [-0.2, 0) is 0 Å². The van der Waals surface area contributed by atoms with Crippen LogP contribution in [0.25, 0.3) is 6.08 Å². The highest BCUT2D eigenvalue weighted by Gasteiger charge is 2.29. The van der Waals surface area contributed by atoms with Crippen molar-refractivity contribution in [2.24, 2.45) is 17.8 Å². The molecule has 1 aromatic rings. The van der Waals surface area contributed by atoms with Gasteiger partial charge < -0.3 is 5.11 Å². The van der Waals surface area contributed by atoms with Gasteiger partial charge in [-0.3, -0.25) is 0 Å². The van der Waals surface area contributed by atoms with E-state index in [2.05, 4.69) is 50.3 Å². The summed E-state index contributed by atoms with van der Waals surface area (Å²) in [6.45, 7) is 4.61. The largest absolute Gasteiger partial charge is 0.393 e. The van der Waals surface area contributed by atoms with Gasteiger partial charge in [0.1, 0.15) is 0 Å². The Kier molecular flexibility index (Phi) is 5.21. The zero-order valence-electron chi connectivity index (χ0n) is 12.1. The van der Waals surface area contributed by atoms with Crippen LogP contribution in [0.2, 0.25) is 0 Å². The lowest BCUT2D eigenvalue weighted by atomic mass is 9.73. The van der Waals surface area contributed by atoms with Gasteiger partial charge >= 0.3 is 0 Å². The molecule has 1 aliphatic rings. The van der Waals surface area contributed by atoms with Gasteiger partial charge in [-0.25, -0.2) is 0 Å². The normalized spacial score (nSPS) is 28.1. The minimum atomic E-state index is -0.101. The molecule has 0 saturated heterocycles. The van der Waals surface area contributed by atoms with Gasteiger partial charge in [0.05, 0.1) is 6.10 Å². The maximum absolute atomic E-state index is 10.1. The summed E-state index contributed by atoms with van der Waals surface area (Å²) in [7, 11) is 0. The fourth-order valence-corrected chi connectivity index (χ4v) is 3.09. The number of benzene rings is 1. The lowest BCUT2D eigenvalue weighted by Gasteiger charge is -2.34. The molecule has 1 aliphatic carbocycles. The van der Waals surface area contributed by atoms with Gasteiger partial charge in [-0.1, -0.05) is 56.3 Å². The second-order valence-corrected chi connectivity index (χ2v) is 6.19. The fourth-order valence-electron chi connectivity index (χ4n) is 3.09. The molecule has 0 heterocycles. The molecule has 3 atom stereocenters. The summed E-state index contributed by atoms with van der Waals surface area (Å²) in [6.07, 6.45) is 8.65. The molecule has 0 radical (unpaired) electrons. The van der Waals surface area contributed by atoms with Crippen LogP contribution < -0.4 is 0 Å². The molecular weight excluding hydrogens is 232 g/mol. The Morgan fingerprint density at radius 2 is 1.95 bits per heavy atom. The molecule has 1 heteroatoms. The number of aliphatic hydroxyl groups excluding tert-OH is 1. The van der Waals surface area contributed by atoms with Crippen LogP contribution in [0.4, 0.5) is 0 Å². The minimum Gasteiger partial charge on any atom is -0.393 e. The maximum atomic E-state index is 10.1. The molecule has 1 nitrogen and oxygen atoms in total. The van der Waals surface area contributed by atoms with Crippen molar-refractivity contribution in [3.8, 4) is 0 Å². The zero-order valence-corrected chi connectivity index (χ0v) is 12.1. The first kappa shape index (κ1) is 14.3. The van der Waals surface area contributed by atoms with Gasteiger partial charge in [-0.2, -0.15) is 0 Å². The number of hydrogen-bond acceptors (Lipinski definition) is 1. The number of aliphatic hydroxyl groups is 1. The Bertz CT molecular complexity index is 393. The maximum Gasteiger partial charge on any atom is 0.0571 e. The van der Waals surface area contributed by atoms with E-state index in [0.29, 0.717) is 5.92 Å². The van der Waals surface area contributed by atoms with Crippen molar-refractivity contribution in [3.05, 3.63) is 42.0 Å². The summed E-state index contributed by atoms with van der Waals surface area (Å²) in [6, 6.07) is 10.4. The molecule has 1 saturated carbocycles. The van der Waals surface area contributed by atoms with E-state index in [1.165, 1.54) is 18.4 Å². The van der Waals surface area contributed by atoms with Gasteiger partial charge in [0.25, 0.3) is 0 Å². The van der Waals surface area contributed by atoms with E-state index in [1.807, 2.05) is 6.07 Å². The summed E-state index contributed by atoms with van der Waals surface area (Å²) in [5, 5.41) is 10.1. The third-order valence-corrected chi connectivity index (χ3v) is 4.47. The average Bonchev–Trinajstić information content (AvgIpc) is 2.42. The first-order valence-corrected chi connectivity index (χ1v) is 7.56. The van der Waals surface area contributed by atoms with Crippen molar-refractivity contribution >= 4 is 6.08 Å². The second-order valence-electron chi connectivity index (χ2n) is 6.19. The Labute approximate surface area is 117 Å². The lowest BCUT2D eigenvalue weighted by Crippen LogP contribution is -2.30. The van der Waals surface area contributed by atoms with Gasteiger partial charge in [0.15, 0.2) is 0 Å². The van der Waals surface area contributed by atoms with Crippen molar-refractivity contribution < 1.29 is 5.11 Å². The summed E-state index contributed by atoms with van der Waals surface area (Å²) >= 11 is 0. The fraction of sp³-hybridized carbons (Fsp3) is 0.556. The van der Waals surface area contributed by atoms with Crippen LogP contribution in [-0.4, -0.2) is 11.2 Å². The standard InChI is InChI=1S/C18H26O/c1-14(2)16-11-12-18(19)17(13-16)10-6-9-15-7-4-3-5-8-15/h3-9,14,16-19H,10-13H2,1-2H3. The van der Waals surface area contributed by atoms with E-state index in [4.69, 9.17) is 0 Å². The van der Waals surface area contributed by atoms with E-state index >= 15 is 0 Å². The minimum absolute atomic E-state index is 0.101. The van der Waals surface area contributed by atoms with Crippen LogP contribution in [0.3, 0.4) is 0 Å². The molecule has 0 spiro atoms. The molecule has 2 rings (SSSR count).